The van der Waals surface area contributed by atoms with Crippen LogP contribution in [-0.2, 0) is 0 Å². The largest absolute Gasteiger partial charge is 0.392 e. The van der Waals surface area contributed by atoms with Crippen molar-refractivity contribution in [1.29, 1.82) is 0 Å². The van der Waals surface area contributed by atoms with E-state index in [1.807, 2.05) is 0 Å². The van der Waals surface area contributed by atoms with Crippen molar-refractivity contribution in [3.8, 4) is 0 Å². The molecule has 0 spiro atoms. The van der Waals surface area contributed by atoms with Crippen molar-refractivity contribution < 1.29 is 5.11 Å². The molecule has 84 valence electrons. The average molecular weight is 199 g/mol. The van der Waals surface area contributed by atoms with Crippen molar-refractivity contribution in [2.24, 2.45) is 11.8 Å². The first-order valence-electron chi connectivity index (χ1n) is 6.16. The predicted octanol–water partition coefficient (Wildman–Crippen LogP) is 2.17. The molecule has 0 amide bonds. The van der Waals surface area contributed by atoms with Crippen LogP contribution in [0.4, 0.5) is 0 Å². The highest BCUT2D eigenvalue weighted by molar-refractivity contribution is 4.78. The zero-order valence-electron chi connectivity index (χ0n) is 9.63. The van der Waals surface area contributed by atoms with Gasteiger partial charge in [0.05, 0.1) is 6.10 Å². The van der Waals surface area contributed by atoms with E-state index in [1.165, 1.54) is 32.1 Å². The molecule has 2 heteroatoms. The lowest BCUT2D eigenvalue weighted by atomic mass is 9.77. The number of nitrogens with one attached hydrogen (secondary N) is 1. The van der Waals surface area contributed by atoms with E-state index in [2.05, 4.69) is 19.2 Å². The van der Waals surface area contributed by atoms with Crippen molar-refractivity contribution >= 4 is 0 Å². The lowest BCUT2D eigenvalue weighted by Gasteiger charge is -2.31. The Labute approximate surface area is 88.1 Å². The van der Waals surface area contributed by atoms with Gasteiger partial charge in [0, 0.05) is 6.54 Å². The lowest BCUT2D eigenvalue weighted by molar-refractivity contribution is 0.0683. The second-order valence-corrected chi connectivity index (χ2v) is 4.58. The summed E-state index contributed by atoms with van der Waals surface area (Å²) in [5.41, 5.74) is 0. The normalized spacial score (nSPS) is 30.2. The predicted molar refractivity (Wildman–Crippen MR) is 60.3 cm³/mol. The van der Waals surface area contributed by atoms with E-state index in [9.17, 15) is 5.11 Å². The highest BCUT2D eigenvalue weighted by Crippen LogP contribution is 2.32. The maximum absolute atomic E-state index is 9.96. The van der Waals surface area contributed by atoms with Gasteiger partial charge in [0.25, 0.3) is 0 Å². The molecule has 14 heavy (non-hydrogen) atoms. The molecule has 3 atom stereocenters. The third-order valence-corrected chi connectivity index (χ3v) is 3.55. The van der Waals surface area contributed by atoms with Gasteiger partial charge in [-0.1, -0.05) is 33.1 Å². The molecule has 0 bridgehead atoms. The van der Waals surface area contributed by atoms with Crippen LogP contribution in [0.1, 0.15) is 46.0 Å². The fourth-order valence-corrected chi connectivity index (χ4v) is 2.51. The van der Waals surface area contributed by atoms with Gasteiger partial charge in [-0.3, -0.25) is 0 Å². The molecule has 1 fully saturated rings. The summed E-state index contributed by atoms with van der Waals surface area (Å²) in [6.45, 7) is 6.09. The maximum atomic E-state index is 9.96. The van der Waals surface area contributed by atoms with Crippen molar-refractivity contribution in [1.82, 2.24) is 5.32 Å². The number of likely N-dealkylation sites (N-methyl/N-ethyl adjacent to an activating group) is 1. The molecule has 0 radical (unpaired) electrons. The van der Waals surface area contributed by atoms with E-state index in [0.717, 1.165) is 19.0 Å². The van der Waals surface area contributed by atoms with Crippen molar-refractivity contribution in [2.45, 2.75) is 52.1 Å². The van der Waals surface area contributed by atoms with Crippen LogP contribution < -0.4 is 5.32 Å². The third-order valence-electron chi connectivity index (χ3n) is 3.55. The fraction of sp³-hybridized carbons (Fsp3) is 1.00. The Morgan fingerprint density at radius 3 is 2.79 bits per heavy atom. The standard InChI is InChI=1S/C12H25NO/c1-3-10-6-5-7-11(8-10)12(14)9-13-4-2/h10-14H,3-9H2,1-2H3. The summed E-state index contributed by atoms with van der Waals surface area (Å²) in [5.74, 6) is 1.41. The van der Waals surface area contributed by atoms with Gasteiger partial charge in [-0.2, -0.15) is 0 Å². The maximum Gasteiger partial charge on any atom is 0.0692 e. The molecule has 0 aromatic carbocycles. The second-order valence-electron chi connectivity index (χ2n) is 4.58. The highest BCUT2D eigenvalue weighted by Gasteiger charge is 2.25. The van der Waals surface area contributed by atoms with Gasteiger partial charge in [0.15, 0.2) is 0 Å². The smallest absolute Gasteiger partial charge is 0.0692 e. The van der Waals surface area contributed by atoms with Crippen LogP contribution in [0.2, 0.25) is 0 Å². The number of hydrogen-bond acceptors (Lipinski definition) is 2. The third kappa shape index (κ3) is 3.58. The first kappa shape index (κ1) is 12.0. The Kier molecular flexibility index (Phi) is 5.49. The van der Waals surface area contributed by atoms with E-state index in [-0.39, 0.29) is 6.10 Å². The van der Waals surface area contributed by atoms with Crippen LogP contribution >= 0.6 is 0 Å². The summed E-state index contributed by atoms with van der Waals surface area (Å²) < 4.78 is 0. The van der Waals surface area contributed by atoms with E-state index < -0.39 is 0 Å². The Balaban J connectivity index is 2.27. The molecule has 0 aromatic heterocycles. The van der Waals surface area contributed by atoms with Gasteiger partial charge in [-0.05, 0) is 31.2 Å². The quantitative estimate of drug-likeness (QED) is 0.711. The molecular formula is C12H25NO. The number of hydrogen-bond donors (Lipinski definition) is 2. The van der Waals surface area contributed by atoms with Gasteiger partial charge >= 0.3 is 0 Å². The molecule has 2 N–H and O–H groups in total. The van der Waals surface area contributed by atoms with Gasteiger partial charge in [0.1, 0.15) is 0 Å². The Bertz CT molecular complexity index is 149. The molecule has 0 heterocycles. The molecule has 0 aromatic rings. The molecule has 1 aliphatic carbocycles. The minimum absolute atomic E-state index is 0.121. The summed E-state index contributed by atoms with van der Waals surface area (Å²) in [5, 5.41) is 13.2. The van der Waals surface area contributed by atoms with Crippen molar-refractivity contribution in [2.75, 3.05) is 13.1 Å². The summed E-state index contributed by atoms with van der Waals surface area (Å²) in [4.78, 5) is 0. The minimum Gasteiger partial charge on any atom is -0.392 e. The number of aliphatic hydroxyl groups excluding tert-OH is 1. The number of aliphatic hydroxyl groups is 1. The van der Waals surface area contributed by atoms with Crippen LogP contribution in [0.15, 0.2) is 0 Å². The first-order valence-corrected chi connectivity index (χ1v) is 6.16. The van der Waals surface area contributed by atoms with E-state index in [1.54, 1.807) is 0 Å². The summed E-state index contributed by atoms with van der Waals surface area (Å²) in [7, 11) is 0. The van der Waals surface area contributed by atoms with Crippen molar-refractivity contribution in [3.63, 3.8) is 0 Å². The van der Waals surface area contributed by atoms with Crippen LogP contribution in [0.5, 0.6) is 0 Å². The molecule has 2 nitrogen and oxygen atoms in total. The summed E-state index contributed by atoms with van der Waals surface area (Å²) in [6, 6.07) is 0. The summed E-state index contributed by atoms with van der Waals surface area (Å²) in [6.07, 6.45) is 6.31. The lowest BCUT2D eigenvalue weighted by Crippen LogP contribution is -2.35. The molecule has 0 saturated heterocycles. The molecule has 1 aliphatic rings. The Morgan fingerprint density at radius 2 is 2.14 bits per heavy atom. The Hall–Kier alpha value is -0.0800. The van der Waals surface area contributed by atoms with Gasteiger partial charge in [-0.25, -0.2) is 0 Å². The molecule has 1 rings (SSSR count). The summed E-state index contributed by atoms with van der Waals surface area (Å²) >= 11 is 0. The molecule has 3 unspecified atom stereocenters. The first-order chi connectivity index (χ1) is 6.77. The van der Waals surface area contributed by atoms with E-state index >= 15 is 0 Å². The van der Waals surface area contributed by atoms with Crippen LogP contribution in [0.3, 0.4) is 0 Å². The van der Waals surface area contributed by atoms with E-state index in [0.29, 0.717) is 5.92 Å². The van der Waals surface area contributed by atoms with E-state index in [4.69, 9.17) is 0 Å². The number of rotatable bonds is 5. The zero-order chi connectivity index (χ0) is 10.4. The van der Waals surface area contributed by atoms with Gasteiger partial charge in [0.2, 0.25) is 0 Å². The van der Waals surface area contributed by atoms with Crippen molar-refractivity contribution in [3.05, 3.63) is 0 Å². The van der Waals surface area contributed by atoms with Crippen LogP contribution in [0.25, 0.3) is 0 Å². The minimum atomic E-state index is -0.121. The monoisotopic (exact) mass is 199 g/mol. The molecule has 1 saturated carbocycles. The topological polar surface area (TPSA) is 32.3 Å². The second kappa shape index (κ2) is 6.41. The molecular weight excluding hydrogens is 174 g/mol. The SMILES string of the molecule is CCNCC(O)C1CCCC(CC)C1. The zero-order valence-corrected chi connectivity index (χ0v) is 9.63. The highest BCUT2D eigenvalue weighted by atomic mass is 16.3. The average Bonchev–Trinajstić information content (AvgIpc) is 2.26. The van der Waals surface area contributed by atoms with Gasteiger partial charge < -0.3 is 10.4 Å². The molecule has 0 aliphatic heterocycles. The van der Waals surface area contributed by atoms with Gasteiger partial charge in [-0.15, -0.1) is 0 Å². The fourth-order valence-electron chi connectivity index (χ4n) is 2.51. The van der Waals surface area contributed by atoms with Crippen LogP contribution in [0, 0.1) is 11.8 Å². The van der Waals surface area contributed by atoms with Crippen LogP contribution in [-0.4, -0.2) is 24.3 Å². The Morgan fingerprint density at radius 1 is 1.36 bits per heavy atom.